The van der Waals surface area contributed by atoms with Gasteiger partial charge in [-0.05, 0) is 31.4 Å². The molecule has 18 heavy (non-hydrogen) atoms. The second kappa shape index (κ2) is 4.49. The Hall–Kier alpha value is -1.75. The molecule has 1 aliphatic rings. The van der Waals surface area contributed by atoms with E-state index in [1.807, 2.05) is 0 Å². The first kappa shape index (κ1) is 11.3. The number of hydrogen-bond acceptors (Lipinski definition) is 4. The molecule has 0 saturated heterocycles. The van der Waals surface area contributed by atoms with E-state index in [4.69, 9.17) is 10.3 Å². The van der Waals surface area contributed by atoms with E-state index in [1.165, 1.54) is 6.07 Å². The van der Waals surface area contributed by atoms with Gasteiger partial charge in [0, 0.05) is 12.0 Å². The van der Waals surface area contributed by atoms with E-state index in [1.54, 1.807) is 18.2 Å². The van der Waals surface area contributed by atoms with Gasteiger partial charge in [-0.25, -0.2) is 4.39 Å². The number of halogens is 1. The van der Waals surface area contributed by atoms with Gasteiger partial charge in [-0.2, -0.15) is 4.98 Å². The van der Waals surface area contributed by atoms with Crippen LogP contribution in [0.4, 0.5) is 4.39 Å². The van der Waals surface area contributed by atoms with Gasteiger partial charge in [0.15, 0.2) is 0 Å². The Bertz CT molecular complexity index is 555. The normalized spacial score (nSPS) is 23.4. The number of aromatic nitrogens is 2. The molecule has 2 aromatic rings. The molecule has 1 aromatic heterocycles. The zero-order chi connectivity index (χ0) is 12.5. The van der Waals surface area contributed by atoms with Crippen molar-refractivity contribution in [3.05, 3.63) is 36.0 Å². The third-order valence-electron chi connectivity index (χ3n) is 3.38. The smallest absolute Gasteiger partial charge is 0.230 e. The molecule has 1 saturated carbocycles. The molecule has 2 atom stereocenters. The van der Waals surface area contributed by atoms with E-state index in [0.717, 1.165) is 19.3 Å². The monoisotopic (exact) mass is 247 g/mol. The molecule has 94 valence electrons. The number of rotatable bonds is 2. The van der Waals surface area contributed by atoms with Crippen LogP contribution in [0.1, 0.15) is 31.1 Å². The lowest BCUT2D eigenvalue weighted by molar-refractivity contribution is 0.353. The van der Waals surface area contributed by atoms with Crippen LogP contribution in [0.5, 0.6) is 0 Å². The minimum absolute atomic E-state index is 0.207. The molecule has 0 spiro atoms. The summed E-state index contributed by atoms with van der Waals surface area (Å²) in [6.07, 6.45) is 2.79. The minimum Gasteiger partial charge on any atom is -0.339 e. The molecule has 0 bridgehead atoms. The van der Waals surface area contributed by atoms with Crippen molar-refractivity contribution in [1.82, 2.24) is 10.1 Å². The molecule has 1 aliphatic carbocycles. The highest BCUT2D eigenvalue weighted by Gasteiger charge is 2.28. The molecule has 3 rings (SSSR count). The summed E-state index contributed by atoms with van der Waals surface area (Å²) in [6, 6.07) is 6.62. The molecule has 0 unspecified atom stereocenters. The van der Waals surface area contributed by atoms with Crippen molar-refractivity contribution in [3.63, 3.8) is 0 Å². The topological polar surface area (TPSA) is 64.9 Å². The lowest BCUT2D eigenvalue weighted by Crippen LogP contribution is -2.14. The largest absolute Gasteiger partial charge is 0.339 e. The highest BCUT2D eigenvalue weighted by molar-refractivity contribution is 5.54. The van der Waals surface area contributed by atoms with Gasteiger partial charge < -0.3 is 10.3 Å². The van der Waals surface area contributed by atoms with Crippen LogP contribution in [-0.4, -0.2) is 16.2 Å². The average Bonchev–Trinajstić information content (AvgIpc) is 2.98. The molecular weight excluding hydrogens is 233 g/mol. The van der Waals surface area contributed by atoms with Crippen LogP contribution in [0.2, 0.25) is 0 Å². The molecule has 0 radical (unpaired) electrons. The van der Waals surface area contributed by atoms with Crippen LogP contribution in [0, 0.1) is 5.82 Å². The van der Waals surface area contributed by atoms with Crippen molar-refractivity contribution in [2.24, 2.45) is 5.73 Å². The number of hydrogen-bond donors (Lipinski definition) is 1. The highest BCUT2D eigenvalue weighted by Crippen LogP contribution is 2.33. The van der Waals surface area contributed by atoms with Crippen molar-refractivity contribution in [2.75, 3.05) is 0 Å². The van der Waals surface area contributed by atoms with Gasteiger partial charge in [0.25, 0.3) is 0 Å². The second-order valence-corrected chi connectivity index (χ2v) is 4.71. The SMILES string of the molecule is N[C@H]1CC[C@@H](c2nc(-c3ccccc3F)no2)C1. The van der Waals surface area contributed by atoms with Crippen molar-refractivity contribution in [2.45, 2.75) is 31.2 Å². The maximum atomic E-state index is 13.6. The molecule has 4 nitrogen and oxygen atoms in total. The fourth-order valence-corrected chi connectivity index (χ4v) is 2.39. The predicted molar refractivity (Wildman–Crippen MR) is 64.3 cm³/mol. The van der Waals surface area contributed by atoms with Crippen LogP contribution in [0.3, 0.4) is 0 Å². The summed E-state index contributed by atoms with van der Waals surface area (Å²) in [7, 11) is 0. The van der Waals surface area contributed by atoms with Gasteiger partial charge in [0.05, 0.1) is 5.56 Å². The summed E-state index contributed by atoms with van der Waals surface area (Å²) in [6.45, 7) is 0. The molecule has 2 N–H and O–H groups in total. The Kier molecular flexibility index (Phi) is 2.83. The van der Waals surface area contributed by atoms with Crippen LogP contribution >= 0.6 is 0 Å². The van der Waals surface area contributed by atoms with Crippen molar-refractivity contribution < 1.29 is 8.91 Å². The summed E-state index contributed by atoms with van der Waals surface area (Å²) in [5.41, 5.74) is 6.22. The van der Waals surface area contributed by atoms with E-state index >= 15 is 0 Å². The summed E-state index contributed by atoms with van der Waals surface area (Å²) in [5, 5.41) is 3.85. The Balaban J connectivity index is 1.88. The summed E-state index contributed by atoms with van der Waals surface area (Å²) < 4.78 is 18.8. The minimum atomic E-state index is -0.340. The average molecular weight is 247 g/mol. The predicted octanol–water partition coefficient (Wildman–Crippen LogP) is 2.47. The van der Waals surface area contributed by atoms with Crippen molar-refractivity contribution in [3.8, 4) is 11.4 Å². The first-order chi connectivity index (χ1) is 8.74. The Morgan fingerprint density at radius 2 is 2.11 bits per heavy atom. The zero-order valence-electron chi connectivity index (χ0n) is 9.84. The molecule has 0 aliphatic heterocycles. The van der Waals surface area contributed by atoms with Gasteiger partial charge in [0.2, 0.25) is 11.7 Å². The quantitative estimate of drug-likeness (QED) is 0.885. The van der Waals surface area contributed by atoms with Crippen LogP contribution in [0.15, 0.2) is 28.8 Å². The van der Waals surface area contributed by atoms with E-state index in [0.29, 0.717) is 17.3 Å². The molecule has 5 heteroatoms. The number of nitrogens with zero attached hydrogens (tertiary/aromatic N) is 2. The summed E-state index contributed by atoms with van der Waals surface area (Å²) in [4.78, 5) is 4.28. The van der Waals surface area contributed by atoms with E-state index in [2.05, 4.69) is 10.1 Å². The second-order valence-electron chi connectivity index (χ2n) is 4.71. The van der Waals surface area contributed by atoms with E-state index in [-0.39, 0.29) is 17.8 Å². The fourth-order valence-electron chi connectivity index (χ4n) is 2.39. The number of benzene rings is 1. The Morgan fingerprint density at radius 3 is 2.83 bits per heavy atom. The van der Waals surface area contributed by atoms with Gasteiger partial charge in [-0.3, -0.25) is 0 Å². The molecular formula is C13H14FN3O. The van der Waals surface area contributed by atoms with Crippen LogP contribution in [0.25, 0.3) is 11.4 Å². The highest BCUT2D eigenvalue weighted by atomic mass is 19.1. The maximum Gasteiger partial charge on any atom is 0.230 e. The summed E-state index contributed by atoms with van der Waals surface area (Å²) >= 11 is 0. The first-order valence-electron chi connectivity index (χ1n) is 6.08. The molecule has 1 fully saturated rings. The first-order valence-corrected chi connectivity index (χ1v) is 6.08. The fraction of sp³-hybridized carbons (Fsp3) is 0.385. The standard InChI is InChI=1S/C13H14FN3O/c14-11-4-2-1-3-10(11)12-16-13(18-17-12)8-5-6-9(15)7-8/h1-4,8-9H,5-7,15H2/t8-,9+/m1/s1. The Labute approximate surface area is 104 Å². The Morgan fingerprint density at radius 1 is 1.28 bits per heavy atom. The molecule has 1 heterocycles. The molecule has 0 amide bonds. The van der Waals surface area contributed by atoms with Crippen LogP contribution in [-0.2, 0) is 0 Å². The number of nitrogens with two attached hydrogens (primary N) is 1. The van der Waals surface area contributed by atoms with Crippen molar-refractivity contribution in [1.29, 1.82) is 0 Å². The van der Waals surface area contributed by atoms with Crippen molar-refractivity contribution >= 4 is 0 Å². The van der Waals surface area contributed by atoms with E-state index in [9.17, 15) is 4.39 Å². The lowest BCUT2D eigenvalue weighted by atomic mass is 10.1. The van der Waals surface area contributed by atoms with Crippen LogP contribution < -0.4 is 5.73 Å². The van der Waals surface area contributed by atoms with E-state index < -0.39 is 0 Å². The lowest BCUT2D eigenvalue weighted by Gasteiger charge is -2.01. The van der Waals surface area contributed by atoms with Gasteiger partial charge in [-0.1, -0.05) is 17.3 Å². The van der Waals surface area contributed by atoms with Gasteiger partial charge in [0.1, 0.15) is 5.82 Å². The van der Waals surface area contributed by atoms with Gasteiger partial charge in [-0.15, -0.1) is 0 Å². The molecule has 1 aromatic carbocycles. The zero-order valence-corrected chi connectivity index (χ0v) is 9.84. The third kappa shape index (κ3) is 2.01. The summed E-state index contributed by atoms with van der Waals surface area (Å²) in [5.74, 6) is 0.755. The third-order valence-corrected chi connectivity index (χ3v) is 3.38. The maximum absolute atomic E-state index is 13.6. The van der Waals surface area contributed by atoms with Gasteiger partial charge >= 0.3 is 0 Å².